The second-order valence-corrected chi connectivity index (χ2v) is 2.64. The van der Waals surface area contributed by atoms with Gasteiger partial charge in [0.15, 0.2) is 0 Å². The van der Waals surface area contributed by atoms with Gasteiger partial charge in [-0.25, -0.2) is 0 Å². The first kappa shape index (κ1) is 10.7. The Balaban J connectivity index is 3.14. The van der Waals surface area contributed by atoms with E-state index >= 15 is 0 Å². The van der Waals surface area contributed by atoms with Crippen LogP contribution in [0.4, 0.5) is 0 Å². The molecule has 0 aromatic carbocycles. The SMILES string of the molecule is CCC(=O)OCCC=CCBr. The zero-order valence-electron chi connectivity index (χ0n) is 6.68. The predicted octanol–water partition coefficient (Wildman–Crippen LogP) is 2.28. The highest BCUT2D eigenvalue weighted by Crippen LogP contribution is 1.90. The van der Waals surface area contributed by atoms with Crippen molar-refractivity contribution in [3.8, 4) is 0 Å². The summed E-state index contributed by atoms with van der Waals surface area (Å²) in [6, 6.07) is 0. The van der Waals surface area contributed by atoms with Gasteiger partial charge in [-0.2, -0.15) is 0 Å². The Morgan fingerprint density at radius 1 is 1.55 bits per heavy atom. The molecule has 0 fully saturated rings. The van der Waals surface area contributed by atoms with Crippen molar-refractivity contribution in [1.29, 1.82) is 0 Å². The van der Waals surface area contributed by atoms with Crippen LogP contribution in [0, 0.1) is 0 Å². The molecule has 0 amide bonds. The summed E-state index contributed by atoms with van der Waals surface area (Å²) in [4.78, 5) is 10.6. The van der Waals surface area contributed by atoms with E-state index in [2.05, 4.69) is 15.9 Å². The van der Waals surface area contributed by atoms with Gasteiger partial charge in [-0.1, -0.05) is 35.0 Å². The zero-order valence-corrected chi connectivity index (χ0v) is 8.26. The van der Waals surface area contributed by atoms with Crippen LogP contribution in [0.15, 0.2) is 12.2 Å². The van der Waals surface area contributed by atoms with E-state index in [4.69, 9.17) is 4.74 Å². The van der Waals surface area contributed by atoms with Crippen LogP contribution in [0.1, 0.15) is 19.8 Å². The number of carbonyl (C=O) groups excluding carboxylic acids is 1. The van der Waals surface area contributed by atoms with Gasteiger partial charge in [0.1, 0.15) is 0 Å². The topological polar surface area (TPSA) is 26.3 Å². The fourth-order valence-electron chi connectivity index (χ4n) is 0.524. The highest BCUT2D eigenvalue weighted by Gasteiger charge is 1.94. The fourth-order valence-corrected chi connectivity index (χ4v) is 0.788. The summed E-state index contributed by atoms with van der Waals surface area (Å²) < 4.78 is 4.83. The molecule has 3 heteroatoms. The van der Waals surface area contributed by atoms with Crippen LogP contribution >= 0.6 is 15.9 Å². The second-order valence-electron chi connectivity index (χ2n) is 1.99. The molecule has 0 unspecified atom stereocenters. The number of ether oxygens (including phenoxy) is 1. The van der Waals surface area contributed by atoms with Gasteiger partial charge < -0.3 is 4.74 Å². The monoisotopic (exact) mass is 220 g/mol. The van der Waals surface area contributed by atoms with Crippen molar-refractivity contribution < 1.29 is 9.53 Å². The van der Waals surface area contributed by atoms with E-state index in [1.807, 2.05) is 12.2 Å². The maximum Gasteiger partial charge on any atom is 0.305 e. The minimum Gasteiger partial charge on any atom is -0.465 e. The molecule has 0 bridgehead atoms. The Labute approximate surface area is 75.7 Å². The maximum absolute atomic E-state index is 10.6. The van der Waals surface area contributed by atoms with Gasteiger partial charge in [-0.05, 0) is 6.42 Å². The van der Waals surface area contributed by atoms with Gasteiger partial charge >= 0.3 is 5.97 Å². The standard InChI is InChI=1S/C8H13BrO2/c1-2-8(10)11-7-5-3-4-6-9/h3-4H,2,5-7H2,1H3. The molecular formula is C8H13BrO2. The van der Waals surface area contributed by atoms with Gasteiger partial charge in [0, 0.05) is 11.8 Å². The molecule has 0 aliphatic heterocycles. The first-order valence-corrected chi connectivity index (χ1v) is 4.80. The molecule has 0 heterocycles. The van der Waals surface area contributed by atoms with Gasteiger partial charge in [-0.3, -0.25) is 4.79 Å². The maximum atomic E-state index is 10.6. The lowest BCUT2D eigenvalue weighted by Gasteiger charge is -1.98. The quantitative estimate of drug-likeness (QED) is 0.308. The summed E-state index contributed by atoms with van der Waals surface area (Å²) in [6.45, 7) is 2.28. The Kier molecular flexibility index (Phi) is 7.57. The Bertz CT molecular complexity index is 132. The van der Waals surface area contributed by atoms with Crippen LogP contribution in [-0.2, 0) is 9.53 Å². The van der Waals surface area contributed by atoms with Crippen molar-refractivity contribution >= 4 is 21.9 Å². The third kappa shape index (κ3) is 7.59. The fraction of sp³-hybridized carbons (Fsp3) is 0.625. The van der Waals surface area contributed by atoms with Gasteiger partial charge in [0.05, 0.1) is 6.61 Å². The van der Waals surface area contributed by atoms with Crippen molar-refractivity contribution in [3.05, 3.63) is 12.2 Å². The number of esters is 1. The third-order valence-corrected chi connectivity index (χ3v) is 1.47. The minimum atomic E-state index is -0.128. The largest absolute Gasteiger partial charge is 0.465 e. The molecule has 0 atom stereocenters. The molecule has 0 N–H and O–H groups in total. The van der Waals surface area contributed by atoms with E-state index in [-0.39, 0.29) is 5.97 Å². The number of hydrogen-bond donors (Lipinski definition) is 0. The number of hydrogen-bond acceptors (Lipinski definition) is 2. The number of alkyl halides is 1. The predicted molar refractivity (Wildman–Crippen MR) is 48.8 cm³/mol. The average Bonchev–Trinajstić information content (AvgIpc) is 2.04. The summed E-state index contributed by atoms with van der Waals surface area (Å²) >= 11 is 3.25. The van der Waals surface area contributed by atoms with E-state index in [1.165, 1.54) is 0 Å². The van der Waals surface area contributed by atoms with E-state index in [1.54, 1.807) is 6.92 Å². The summed E-state index contributed by atoms with van der Waals surface area (Å²) in [5.74, 6) is -0.128. The summed E-state index contributed by atoms with van der Waals surface area (Å²) in [6.07, 6.45) is 5.23. The van der Waals surface area contributed by atoms with E-state index in [0.29, 0.717) is 13.0 Å². The van der Waals surface area contributed by atoms with Crippen LogP contribution in [0.2, 0.25) is 0 Å². The smallest absolute Gasteiger partial charge is 0.305 e. The molecule has 0 saturated heterocycles. The van der Waals surface area contributed by atoms with Crippen LogP contribution in [0.3, 0.4) is 0 Å². The number of halogens is 1. The summed E-state index contributed by atoms with van der Waals surface area (Å²) in [5.41, 5.74) is 0. The lowest BCUT2D eigenvalue weighted by atomic mass is 10.4. The van der Waals surface area contributed by atoms with Crippen LogP contribution in [0.25, 0.3) is 0 Å². The van der Waals surface area contributed by atoms with Crippen LogP contribution in [-0.4, -0.2) is 17.9 Å². The number of allylic oxidation sites excluding steroid dienone is 1. The molecule has 0 saturated carbocycles. The highest BCUT2D eigenvalue weighted by molar-refractivity contribution is 9.09. The molecule has 0 aliphatic carbocycles. The van der Waals surface area contributed by atoms with Gasteiger partial charge in [-0.15, -0.1) is 0 Å². The Hall–Kier alpha value is -0.310. The van der Waals surface area contributed by atoms with Crippen molar-refractivity contribution in [2.75, 3.05) is 11.9 Å². The minimum absolute atomic E-state index is 0.128. The molecule has 0 aromatic heterocycles. The molecule has 11 heavy (non-hydrogen) atoms. The van der Waals surface area contributed by atoms with Gasteiger partial charge in [0.2, 0.25) is 0 Å². The molecule has 64 valence electrons. The van der Waals surface area contributed by atoms with E-state index in [0.717, 1.165) is 11.8 Å². The lowest BCUT2D eigenvalue weighted by Crippen LogP contribution is -2.02. The second kappa shape index (κ2) is 7.79. The van der Waals surface area contributed by atoms with Crippen molar-refractivity contribution in [3.63, 3.8) is 0 Å². The van der Waals surface area contributed by atoms with E-state index in [9.17, 15) is 4.79 Å². The third-order valence-electron chi connectivity index (χ3n) is 1.09. The van der Waals surface area contributed by atoms with Gasteiger partial charge in [0.25, 0.3) is 0 Å². The van der Waals surface area contributed by atoms with Crippen LogP contribution < -0.4 is 0 Å². The summed E-state index contributed by atoms with van der Waals surface area (Å²) in [7, 11) is 0. The zero-order chi connectivity index (χ0) is 8.53. The normalized spacial score (nSPS) is 10.4. The van der Waals surface area contributed by atoms with Crippen molar-refractivity contribution in [2.45, 2.75) is 19.8 Å². The van der Waals surface area contributed by atoms with Crippen molar-refractivity contribution in [1.82, 2.24) is 0 Å². The lowest BCUT2D eigenvalue weighted by molar-refractivity contribution is -0.143. The molecule has 0 aromatic rings. The average molecular weight is 221 g/mol. The number of carbonyl (C=O) groups is 1. The van der Waals surface area contributed by atoms with E-state index < -0.39 is 0 Å². The molecular weight excluding hydrogens is 208 g/mol. The molecule has 0 aliphatic rings. The summed E-state index contributed by atoms with van der Waals surface area (Å²) in [5, 5.41) is 0.856. The Morgan fingerprint density at radius 2 is 2.27 bits per heavy atom. The molecule has 0 radical (unpaired) electrons. The Morgan fingerprint density at radius 3 is 2.82 bits per heavy atom. The molecule has 0 spiro atoms. The van der Waals surface area contributed by atoms with Crippen molar-refractivity contribution in [2.24, 2.45) is 0 Å². The van der Waals surface area contributed by atoms with Crippen LogP contribution in [0.5, 0.6) is 0 Å². The molecule has 0 rings (SSSR count). The number of rotatable bonds is 5. The highest BCUT2D eigenvalue weighted by atomic mass is 79.9. The molecule has 2 nitrogen and oxygen atoms in total. The first-order valence-electron chi connectivity index (χ1n) is 3.67. The first-order chi connectivity index (χ1) is 5.31.